The molecule has 0 atom stereocenters. The van der Waals surface area contributed by atoms with Gasteiger partial charge in [-0.1, -0.05) is 26.0 Å². The van der Waals surface area contributed by atoms with Crippen molar-refractivity contribution in [3.8, 4) is 11.5 Å². The smallest absolute Gasteiger partial charge is 0.255 e. The summed E-state index contributed by atoms with van der Waals surface area (Å²) in [4.78, 5) is 27.5. The van der Waals surface area contributed by atoms with Crippen LogP contribution in [0.3, 0.4) is 0 Å². The number of hydrogen-bond donors (Lipinski definition) is 2. The van der Waals surface area contributed by atoms with Gasteiger partial charge >= 0.3 is 0 Å². The van der Waals surface area contributed by atoms with E-state index in [1.807, 2.05) is 13.8 Å². The zero-order valence-corrected chi connectivity index (χ0v) is 20.0. The summed E-state index contributed by atoms with van der Waals surface area (Å²) >= 11 is 0. The highest BCUT2D eigenvalue weighted by Crippen LogP contribution is 2.33. The second-order valence-electron chi connectivity index (χ2n) is 9.41. The van der Waals surface area contributed by atoms with Gasteiger partial charge in [-0.2, -0.15) is 0 Å². The van der Waals surface area contributed by atoms with Crippen LogP contribution in [0.5, 0.6) is 11.5 Å². The molecule has 1 heterocycles. The lowest BCUT2D eigenvalue weighted by Gasteiger charge is -2.32. The normalized spacial score (nSPS) is 12.4. The molecule has 3 N–H and O–H groups in total. The Hall–Kier alpha value is -3.98. The molecule has 3 aromatic carbocycles. The van der Waals surface area contributed by atoms with Crippen molar-refractivity contribution in [1.29, 1.82) is 0 Å². The summed E-state index contributed by atoms with van der Waals surface area (Å²) in [5.41, 5.74) is 7.23. The monoisotopic (exact) mass is 495 g/mol. The Labute approximate surface area is 207 Å². The standard InChI is InChI=1S/C27H27F2N3O4/c1-27(2,14-30)15-32(26(34)18-5-8-23-24(11-18)36-16-35-23)13-17-3-6-22(7-4-17)31-25(33)19-9-20(28)12-21(29)10-19/h3-12H,13-16,30H2,1-2H3,(H,31,33). The summed E-state index contributed by atoms with van der Waals surface area (Å²) in [6.45, 7) is 5.21. The minimum absolute atomic E-state index is 0.119. The molecule has 3 aromatic rings. The zero-order chi connectivity index (χ0) is 25.9. The second-order valence-corrected chi connectivity index (χ2v) is 9.41. The average Bonchev–Trinajstić information content (AvgIpc) is 3.31. The van der Waals surface area contributed by atoms with Gasteiger partial charge in [0.05, 0.1) is 0 Å². The van der Waals surface area contributed by atoms with E-state index in [0.29, 0.717) is 48.5 Å². The highest BCUT2D eigenvalue weighted by molar-refractivity contribution is 6.04. The maximum absolute atomic E-state index is 13.4. The summed E-state index contributed by atoms with van der Waals surface area (Å²) in [6, 6.07) is 14.6. The predicted molar refractivity (Wildman–Crippen MR) is 131 cm³/mol. The number of nitrogens with one attached hydrogen (secondary N) is 1. The molecule has 0 radical (unpaired) electrons. The van der Waals surface area contributed by atoms with E-state index in [1.54, 1.807) is 47.4 Å². The van der Waals surface area contributed by atoms with Gasteiger partial charge in [-0.15, -0.1) is 0 Å². The van der Waals surface area contributed by atoms with Crippen LogP contribution in [0.1, 0.15) is 40.1 Å². The lowest BCUT2D eigenvalue weighted by atomic mass is 9.92. The van der Waals surface area contributed by atoms with E-state index >= 15 is 0 Å². The Balaban J connectivity index is 1.49. The maximum atomic E-state index is 13.4. The Morgan fingerprint density at radius 2 is 1.61 bits per heavy atom. The first kappa shape index (κ1) is 25.1. The summed E-state index contributed by atoms with van der Waals surface area (Å²) < 4.78 is 37.6. The van der Waals surface area contributed by atoms with Crippen LogP contribution in [0.25, 0.3) is 0 Å². The van der Waals surface area contributed by atoms with Crippen molar-refractivity contribution in [3.05, 3.63) is 89.0 Å². The molecule has 188 valence electrons. The number of anilines is 1. The number of amides is 2. The van der Waals surface area contributed by atoms with Crippen molar-refractivity contribution in [2.75, 3.05) is 25.2 Å². The van der Waals surface area contributed by atoms with Gasteiger partial charge in [-0.05, 0) is 60.0 Å². The molecule has 9 heteroatoms. The van der Waals surface area contributed by atoms with Crippen molar-refractivity contribution >= 4 is 17.5 Å². The molecule has 0 saturated heterocycles. The van der Waals surface area contributed by atoms with Crippen molar-refractivity contribution < 1.29 is 27.8 Å². The lowest BCUT2D eigenvalue weighted by molar-refractivity contribution is 0.0673. The van der Waals surface area contributed by atoms with Crippen LogP contribution in [0, 0.1) is 17.0 Å². The molecule has 0 bridgehead atoms. The highest BCUT2D eigenvalue weighted by atomic mass is 19.1. The van der Waals surface area contributed by atoms with E-state index in [0.717, 1.165) is 17.7 Å². The molecule has 7 nitrogen and oxygen atoms in total. The van der Waals surface area contributed by atoms with Gasteiger partial charge in [0.1, 0.15) is 11.6 Å². The quantitative estimate of drug-likeness (QED) is 0.477. The second kappa shape index (κ2) is 10.3. The summed E-state index contributed by atoms with van der Waals surface area (Å²) in [7, 11) is 0. The number of hydrogen-bond acceptors (Lipinski definition) is 5. The third-order valence-corrected chi connectivity index (χ3v) is 5.79. The van der Waals surface area contributed by atoms with Gasteiger partial charge < -0.3 is 25.4 Å². The molecule has 0 aliphatic carbocycles. The van der Waals surface area contributed by atoms with Crippen LogP contribution in [-0.4, -0.2) is 36.6 Å². The molecule has 4 rings (SSSR count). The number of ether oxygens (including phenoxy) is 2. The largest absolute Gasteiger partial charge is 0.454 e. The van der Waals surface area contributed by atoms with Gasteiger partial charge in [0.2, 0.25) is 6.79 Å². The Bertz CT molecular complexity index is 1260. The van der Waals surface area contributed by atoms with Crippen LogP contribution >= 0.6 is 0 Å². The number of nitrogens with two attached hydrogens (primary N) is 1. The van der Waals surface area contributed by atoms with Gasteiger partial charge in [-0.3, -0.25) is 9.59 Å². The molecule has 2 amide bonds. The Kier molecular flexibility index (Phi) is 7.21. The first-order chi connectivity index (χ1) is 17.1. The molecule has 0 fully saturated rings. The summed E-state index contributed by atoms with van der Waals surface area (Å²) in [5, 5.41) is 2.62. The summed E-state index contributed by atoms with van der Waals surface area (Å²) in [6.07, 6.45) is 0. The predicted octanol–water partition coefficient (Wildman–Crippen LogP) is 4.57. The van der Waals surface area contributed by atoms with Gasteiger partial charge in [0.25, 0.3) is 11.8 Å². The maximum Gasteiger partial charge on any atom is 0.255 e. The molecule has 36 heavy (non-hydrogen) atoms. The van der Waals surface area contributed by atoms with Gasteiger partial charge in [-0.25, -0.2) is 8.78 Å². The summed E-state index contributed by atoms with van der Waals surface area (Å²) in [5.74, 6) is -1.35. The first-order valence-corrected chi connectivity index (χ1v) is 11.4. The average molecular weight is 496 g/mol. The molecule has 0 unspecified atom stereocenters. The van der Waals surface area contributed by atoms with E-state index in [2.05, 4.69) is 5.32 Å². The van der Waals surface area contributed by atoms with Crippen molar-refractivity contribution in [3.63, 3.8) is 0 Å². The minimum Gasteiger partial charge on any atom is -0.454 e. The number of halogens is 2. The molecule has 0 spiro atoms. The van der Waals surface area contributed by atoms with E-state index in [4.69, 9.17) is 15.2 Å². The van der Waals surface area contributed by atoms with E-state index in [1.165, 1.54) is 0 Å². The van der Waals surface area contributed by atoms with E-state index in [-0.39, 0.29) is 23.7 Å². The number of carbonyl (C=O) groups excluding carboxylic acids is 2. The van der Waals surface area contributed by atoms with Crippen LogP contribution in [0.15, 0.2) is 60.7 Å². The number of rotatable bonds is 8. The fourth-order valence-corrected chi connectivity index (χ4v) is 3.79. The molecule has 0 aromatic heterocycles. The van der Waals surface area contributed by atoms with Crippen molar-refractivity contribution in [2.45, 2.75) is 20.4 Å². The Morgan fingerprint density at radius 3 is 2.28 bits per heavy atom. The van der Waals surface area contributed by atoms with Crippen LogP contribution < -0.4 is 20.5 Å². The highest BCUT2D eigenvalue weighted by Gasteiger charge is 2.26. The molecular weight excluding hydrogens is 468 g/mol. The molecule has 0 saturated carbocycles. The molecular formula is C27H27F2N3O4. The number of carbonyl (C=O) groups is 2. The zero-order valence-electron chi connectivity index (χ0n) is 20.0. The molecule has 1 aliphatic heterocycles. The fraction of sp³-hybridized carbons (Fsp3) is 0.259. The number of benzene rings is 3. The fourth-order valence-electron chi connectivity index (χ4n) is 3.79. The number of fused-ring (bicyclic) bond motifs is 1. The third kappa shape index (κ3) is 5.98. The minimum atomic E-state index is -0.830. The SMILES string of the molecule is CC(C)(CN)CN(Cc1ccc(NC(=O)c2cc(F)cc(F)c2)cc1)C(=O)c1ccc2c(c1)OCO2. The van der Waals surface area contributed by atoms with Crippen LogP contribution in [0.4, 0.5) is 14.5 Å². The third-order valence-electron chi connectivity index (χ3n) is 5.79. The van der Waals surface area contributed by atoms with Gasteiger partial charge in [0, 0.05) is 36.0 Å². The topological polar surface area (TPSA) is 93.9 Å². The lowest BCUT2D eigenvalue weighted by Crippen LogP contribution is -2.41. The van der Waals surface area contributed by atoms with Gasteiger partial charge in [0.15, 0.2) is 11.5 Å². The first-order valence-electron chi connectivity index (χ1n) is 11.4. The van der Waals surface area contributed by atoms with E-state index in [9.17, 15) is 18.4 Å². The number of nitrogens with zero attached hydrogens (tertiary/aromatic N) is 1. The Morgan fingerprint density at radius 1 is 0.944 bits per heavy atom. The molecule has 1 aliphatic rings. The van der Waals surface area contributed by atoms with Crippen LogP contribution in [-0.2, 0) is 6.54 Å². The van der Waals surface area contributed by atoms with Crippen LogP contribution in [0.2, 0.25) is 0 Å². The van der Waals surface area contributed by atoms with Crippen molar-refractivity contribution in [1.82, 2.24) is 4.90 Å². The van der Waals surface area contributed by atoms with E-state index < -0.39 is 17.5 Å². The van der Waals surface area contributed by atoms with Crippen molar-refractivity contribution in [2.24, 2.45) is 11.1 Å².